The zero-order chi connectivity index (χ0) is 11.6. The van der Waals surface area contributed by atoms with Crippen molar-refractivity contribution in [2.75, 3.05) is 0 Å². The first kappa shape index (κ1) is 10.6. The quantitative estimate of drug-likeness (QED) is 0.752. The second kappa shape index (κ2) is 3.90. The van der Waals surface area contributed by atoms with E-state index in [0.29, 0.717) is 6.29 Å². The van der Waals surface area contributed by atoms with Gasteiger partial charge in [0.2, 0.25) is 0 Å². The van der Waals surface area contributed by atoms with Crippen molar-refractivity contribution in [2.45, 2.75) is 10.1 Å². The Bertz CT molecular complexity index is 601. The standard InChI is InChI=1S/C10H7NO4S/c12-7-8-6-11-10(15-8)16(13,14)9-4-2-1-3-5-9/h1-7H. The van der Waals surface area contributed by atoms with Gasteiger partial charge >= 0.3 is 5.22 Å². The van der Waals surface area contributed by atoms with Crippen LogP contribution in [0.3, 0.4) is 0 Å². The van der Waals surface area contributed by atoms with Gasteiger partial charge in [-0.2, -0.15) is 0 Å². The molecule has 0 amide bonds. The molecule has 0 saturated heterocycles. The lowest BCUT2D eigenvalue weighted by atomic mass is 10.4. The summed E-state index contributed by atoms with van der Waals surface area (Å²) in [7, 11) is -3.76. The Morgan fingerprint density at radius 1 is 1.19 bits per heavy atom. The largest absolute Gasteiger partial charge is 0.425 e. The molecule has 0 spiro atoms. The summed E-state index contributed by atoms with van der Waals surface area (Å²) >= 11 is 0. The average molecular weight is 237 g/mol. The van der Waals surface area contributed by atoms with Crippen LogP contribution in [0, 0.1) is 0 Å². The van der Waals surface area contributed by atoms with Crippen LogP contribution >= 0.6 is 0 Å². The molecule has 2 aromatic rings. The third kappa shape index (κ3) is 1.74. The summed E-state index contributed by atoms with van der Waals surface area (Å²) in [6, 6.07) is 7.75. The molecule has 82 valence electrons. The Balaban J connectivity index is 2.51. The molecule has 1 aromatic carbocycles. The van der Waals surface area contributed by atoms with Gasteiger partial charge in [-0.1, -0.05) is 18.2 Å². The van der Waals surface area contributed by atoms with Gasteiger partial charge < -0.3 is 4.42 Å². The lowest BCUT2D eigenvalue weighted by Crippen LogP contribution is -2.01. The van der Waals surface area contributed by atoms with Crippen LogP contribution in [0.1, 0.15) is 10.6 Å². The Labute approximate surface area is 91.7 Å². The van der Waals surface area contributed by atoms with Gasteiger partial charge in [-0.3, -0.25) is 4.79 Å². The van der Waals surface area contributed by atoms with E-state index in [4.69, 9.17) is 4.42 Å². The molecule has 5 nitrogen and oxygen atoms in total. The number of carbonyl (C=O) groups is 1. The SMILES string of the molecule is O=Cc1cnc(S(=O)(=O)c2ccccc2)o1. The van der Waals surface area contributed by atoms with Crippen molar-refractivity contribution in [3.8, 4) is 0 Å². The Morgan fingerprint density at radius 3 is 2.44 bits per heavy atom. The zero-order valence-electron chi connectivity index (χ0n) is 8.03. The zero-order valence-corrected chi connectivity index (χ0v) is 8.85. The Morgan fingerprint density at radius 2 is 1.88 bits per heavy atom. The van der Waals surface area contributed by atoms with Crippen LogP contribution < -0.4 is 0 Å². The first-order valence-electron chi connectivity index (χ1n) is 4.36. The van der Waals surface area contributed by atoms with Crippen molar-refractivity contribution in [3.05, 3.63) is 42.3 Å². The van der Waals surface area contributed by atoms with Crippen molar-refractivity contribution in [2.24, 2.45) is 0 Å². The van der Waals surface area contributed by atoms with Crippen LogP contribution in [0.25, 0.3) is 0 Å². The summed E-state index contributed by atoms with van der Waals surface area (Å²) in [4.78, 5) is 14.0. The molecule has 6 heteroatoms. The fourth-order valence-electron chi connectivity index (χ4n) is 1.15. The van der Waals surface area contributed by atoms with E-state index in [1.807, 2.05) is 0 Å². The van der Waals surface area contributed by atoms with Gasteiger partial charge in [-0.05, 0) is 12.1 Å². The molecule has 16 heavy (non-hydrogen) atoms. The summed E-state index contributed by atoms with van der Waals surface area (Å²) in [5, 5.41) is -0.471. The van der Waals surface area contributed by atoms with E-state index < -0.39 is 15.1 Å². The van der Waals surface area contributed by atoms with E-state index in [2.05, 4.69) is 4.98 Å². The summed E-state index contributed by atoms with van der Waals surface area (Å²) in [5.41, 5.74) is 0. The van der Waals surface area contributed by atoms with Gasteiger partial charge in [0.25, 0.3) is 9.84 Å². The van der Waals surface area contributed by atoms with Gasteiger partial charge in [-0.15, -0.1) is 0 Å². The van der Waals surface area contributed by atoms with Crippen LogP contribution in [0.15, 0.2) is 51.1 Å². The van der Waals surface area contributed by atoms with Crippen molar-refractivity contribution in [1.29, 1.82) is 0 Å². The number of sulfone groups is 1. The second-order valence-electron chi connectivity index (χ2n) is 2.96. The minimum Gasteiger partial charge on any atom is -0.425 e. The number of aromatic nitrogens is 1. The molecule has 0 fully saturated rings. The van der Waals surface area contributed by atoms with E-state index in [9.17, 15) is 13.2 Å². The normalized spacial score (nSPS) is 11.2. The van der Waals surface area contributed by atoms with E-state index in [0.717, 1.165) is 6.20 Å². The van der Waals surface area contributed by atoms with E-state index in [1.54, 1.807) is 18.2 Å². The second-order valence-corrected chi connectivity index (χ2v) is 4.79. The number of hydrogen-bond acceptors (Lipinski definition) is 5. The highest BCUT2D eigenvalue weighted by Crippen LogP contribution is 2.19. The highest BCUT2D eigenvalue weighted by molar-refractivity contribution is 7.91. The average Bonchev–Trinajstić information content (AvgIpc) is 2.79. The fraction of sp³-hybridized carbons (Fsp3) is 0. The van der Waals surface area contributed by atoms with Crippen LogP contribution in [0.5, 0.6) is 0 Å². The molecule has 0 saturated carbocycles. The lowest BCUT2D eigenvalue weighted by Gasteiger charge is -1.98. The van der Waals surface area contributed by atoms with E-state index in [-0.39, 0.29) is 10.7 Å². The minimum absolute atomic E-state index is 0.0781. The molecule has 0 unspecified atom stereocenters. The summed E-state index contributed by atoms with van der Waals surface area (Å²) in [5.74, 6) is -0.116. The van der Waals surface area contributed by atoms with E-state index in [1.165, 1.54) is 12.1 Å². The summed E-state index contributed by atoms with van der Waals surface area (Å²) in [6.07, 6.45) is 1.47. The molecule has 0 radical (unpaired) electrons. The number of oxazole rings is 1. The Hall–Kier alpha value is -1.95. The number of rotatable bonds is 3. The third-order valence-electron chi connectivity index (χ3n) is 1.90. The molecular weight excluding hydrogens is 230 g/mol. The maximum absolute atomic E-state index is 11.9. The number of hydrogen-bond donors (Lipinski definition) is 0. The summed E-state index contributed by atoms with van der Waals surface area (Å²) in [6.45, 7) is 0. The predicted molar refractivity (Wildman–Crippen MR) is 53.8 cm³/mol. The molecule has 1 aromatic heterocycles. The van der Waals surface area contributed by atoms with Crippen molar-refractivity contribution >= 4 is 16.1 Å². The number of benzene rings is 1. The molecule has 0 aliphatic carbocycles. The molecule has 0 N–H and O–H groups in total. The van der Waals surface area contributed by atoms with Crippen LogP contribution in [-0.4, -0.2) is 19.7 Å². The fourth-order valence-corrected chi connectivity index (χ4v) is 2.26. The van der Waals surface area contributed by atoms with Crippen molar-refractivity contribution < 1.29 is 17.6 Å². The first-order chi connectivity index (χ1) is 7.64. The predicted octanol–water partition coefficient (Wildman–Crippen LogP) is 1.32. The number of carbonyl (C=O) groups excluding carboxylic acids is 1. The van der Waals surface area contributed by atoms with Gasteiger partial charge in [0.05, 0.1) is 11.1 Å². The monoisotopic (exact) mass is 237 g/mol. The van der Waals surface area contributed by atoms with Gasteiger partial charge in [0, 0.05) is 0 Å². The molecule has 0 bridgehead atoms. The highest BCUT2D eigenvalue weighted by Gasteiger charge is 2.23. The molecule has 1 heterocycles. The van der Waals surface area contributed by atoms with Gasteiger partial charge in [0.1, 0.15) is 0 Å². The van der Waals surface area contributed by atoms with Crippen molar-refractivity contribution in [3.63, 3.8) is 0 Å². The molecular formula is C10H7NO4S. The lowest BCUT2D eigenvalue weighted by molar-refractivity contribution is 0.109. The van der Waals surface area contributed by atoms with Crippen LogP contribution in [-0.2, 0) is 9.84 Å². The van der Waals surface area contributed by atoms with Crippen LogP contribution in [0.2, 0.25) is 0 Å². The third-order valence-corrected chi connectivity index (χ3v) is 3.44. The maximum atomic E-state index is 11.9. The highest BCUT2D eigenvalue weighted by atomic mass is 32.2. The van der Waals surface area contributed by atoms with Crippen molar-refractivity contribution in [1.82, 2.24) is 4.98 Å². The van der Waals surface area contributed by atoms with Gasteiger partial charge in [-0.25, -0.2) is 13.4 Å². The molecule has 2 rings (SSSR count). The summed E-state index contributed by atoms with van der Waals surface area (Å²) < 4.78 is 28.6. The topological polar surface area (TPSA) is 77.2 Å². The maximum Gasteiger partial charge on any atom is 0.320 e. The first-order valence-corrected chi connectivity index (χ1v) is 5.84. The van der Waals surface area contributed by atoms with Crippen LogP contribution in [0.4, 0.5) is 0 Å². The molecule has 0 atom stereocenters. The minimum atomic E-state index is -3.76. The molecule has 0 aliphatic heterocycles. The van der Waals surface area contributed by atoms with E-state index >= 15 is 0 Å². The number of aldehydes is 1. The Kier molecular flexibility index (Phi) is 2.57. The molecule has 0 aliphatic rings. The van der Waals surface area contributed by atoms with Gasteiger partial charge in [0.15, 0.2) is 12.0 Å². The smallest absolute Gasteiger partial charge is 0.320 e. The number of nitrogens with zero attached hydrogens (tertiary/aromatic N) is 1.